The number of benzene rings is 2. The molecule has 0 N–H and O–H groups in total. The van der Waals surface area contributed by atoms with E-state index < -0.39 is 9.84 Å². The molecule has 0 amide bonds. The van der Waals surface area contributed by atoms with E-state index in [-0.39, 0.29) is 11.5 Å². The summed E-state index contributed by atoms with van der Waals surface area (Å²) >= 11 is 0. The standard InChI is InChI=1S/C21H24O5S/c1-3-27(23,24)10-4-8-25-18-11-15(2)21-17(13-18)7-9-26-20-6-5-16(14-22)12-19(20)21/h5-6,11-14H,3-4,7-10H2,1-2H3. The van der Waals surface area contributed by atoms with Crippen molar-refractivity contribution in [3.63, 3.8) is 0 Å². The summed E-state index contributed by atoms with van der Waals surface area (Å²) in [6.45, 7) is 4.58. The normalized spacial score (nSPS) is 13.1. The first-order chi connectivity index (χ1) is 12.9. The molecule has 3 rings (SSSR count). The van der Waals surface area contributed by atoms with Crippen molar-refractivity contribution in [2.75, 3.05) is 24.7 Å². The third-order valence-corrected chi connectivity index (χ3v) is 6.53. The lowest BCUT2D eigenvalue weighted by molar-refractivity contribution is 0.112. The SMILES string of the molecule is CCS(=O)(=O)CCCOc1cc(C)c2c(c1)CCOc1ccc(C=O)cc1-2. The molecule has 0 aromatic heterocycles. The molecule has 0 saturated heterocycles. The average molecular weight is 388 g/mol. The van der Waals surface area contributed by atoms with Gasteiger partial charge in [0.05, 0.1) is 19.0 Å². The van der Waals surface area contributed by atoms with E-state index in [0.29, 0.717) is 25.2 Å². The molecule has 1 aliphatic heterocycles. The number of carbonyl (C=O) groups excluding carboxylic acids is 1. The van der Waals surface area contributed by atoms with Crippen LogP contribution in [0.1, 0.15) is 34.8 Å². The molecule has 0 bridgehead atoms. The van der Waals surface area contributed by atoms with Gasteiger partial charge in [-0.2, -0.15) is 0 Å². The maximum Gasteiger partial charge on any atom is 0.150 e. The number of fused-ring (bicyclic) bond motifs is 3. The van der Waals surface area contributed by atoms with Gasteiger partial charge in [-0.1, -0.05) is 6.92 Å². The Hall–Kier alpha value is -2.34. The first-order valence-electron chi connectivity index (χ1n) is 9.12. The fourth-order valence-corrected chi connectivity index (χ4v) is 4.16. The van der Waals surface area contributed by atoms with Crippen LogP contribution in [-0.4, -0.2) is 39.4 Å². The van der Waals surface area contributed by atoms with Gasteiger partial charge in [-0.25, -0.2) is 8.42 Å². The number of sulfone groups is 1. The lowest BCUT2D eigenvalue weighted by Crippen LogP contribution is -2.12. The van der Waals surface area contributed by atoms with Gasteiger partial charge in [0.25, 0.3) is 0 Å². The molecule has 1 aliphatic rings. The number of rotatable bonds is 7. The van der Waals surface area contributed by atoms with Crippen molar-refractivity contribution in [3.05, 3.63) is 47.0 Å². The van der Waals surface area contributed by atoms with Crippen molar-refractivity contribution < 1.29 is 22.7 Å². The summed E-state index contributed by atoms with van der Waals surface area (Å²) in [4.78, 5) is 11.2. The zero-order chi connectivity index (χ0) is 19.4. The van der Waals surface area contributed by atoms with Gasteiger partial charge in [0.15, 0.2) is 0 Å². The molecular formula is C21H24O5S. The highest BCUT2D eigenvalue weighted by molar-refractivity contribution is 7.91. The van der Waals surface area contributed by atoms with Crippen LogP contribution >= 0.6 is 0 Å². The van der Waals surface area contributed by atoms with E-state index in [1.165, 1.54) is 0 Å². The molecule has 5 nitrogen and oxygen atoms in total. The first-order valence-corrected chi connectivity index (χ1v) is 10.9. The smallest absolute Gasteiger partial charge is 0.150 e. The van der Waals surface area contributed by atoms with Gasteiger partial charge in [0.2, 0.25) is 0 Å². The second-order valence-electron chi connectivity index (χ2n) is 6.68. The van der Waals surface area contributed by atoms with E-state index >= 15 is 0 Å². The Bertz CT molecular complexity index is 947. The minimum Gasteiger partial charge on any atom is -0.494 e. The Morgan fingerprint density at radius 2 is 2.04 bits per heavy atom. The second kappa shape index (κ2) is 8.13. The summed E-state index contributed by atoms with van der Waals surface area (Å²) in [5, 5.41) is 0. The van der Waals surface area contributed by atoms with Crippen molar-refractivity contribution in [3.8, 4) is 22.6 Å². The van der Waals surface area contributed by atoms with E-state index in [1.807, 2.05) is 31.2 Å². The van der Waals surface area contributed by atoms with E-state index in [0.717, 1.165) is 46.5 Å². The largest absolute Gasteiger partial charge is 0.494 e. The highest BCUT2D eigenvalue weighted by atomic mass is 32.2. The second-order valence-corrected chi connectivity index (χ2v) is 9.16. The third kappa shape index (κ3) is 4.50. The topological polar surface area (TPSA) is 69.7 Å². The molecule has 27 heavy (non-hydrogen) atoms. The van der Waals surface area contributed by atoms with E-state index in [9.17, 15) is 13.2 Å². The highest BCUT2D eigenvalue weighted by Crippen LogP contribution is 2.39. The Balaban J connectivity index is 1.83. The Morgan fingerprint density at radius 3 is 2.78 bits per heavy atom. The van der Waals surface area contributed by atoms with E-state index in [2.05, 4.69) is 0 Å². The zero-order valence-electron chi connectivity index (χ0n) is 15.7. The molecule has 2 aromatic carbocycles. The van der Waals surface area contributed by atoms with Crippen LogP contribution in [0.5, 0.6) is 11.5 Å². The minimum absolute atomic E-state index is 0.142. The van der Waals surface area contributed by atoms with Gasteiger partial charge in [-0.3, -0.25) is 4.79 Å². The molecule has 6 heteroatoms. The first kappa shape index (κ1) is 19.4. The zero-order valence-corrected chi connectivity index (χ0v) is 16.5. The molecule has 144 valence electrons. The van der Waals surface area contributed by atoms with Crippen LogP contribution < -0.4 is 9.47 Å². The monoisotopic (exact) mass is 388 g/mol. The molecule has 0 aliphatic carbocycles. The molecule has 2 aromatic rings. The van der Waals surface area contributed by atoms with Gasteiger partial charge in [-0.15, -0.1) is 0 Å². The van der Waals surface area contributed by atoms with Crippen molar-refractivity contribution >= 4 is 16.1 Å². The van der Waals surface area contributed by atoms with Gasteiger partial charge >= 0.3 is 0 Å². The third-order valence-electron chi connectivity index (χ3n) is 4.74. The van der Waals surface area contributed by atoms with Crippen LogP contribution in [0.2, 0.25) is 0 Å². The average Bonchev–Trinajstić information content (AvgIpc) is 2.84. The quantitative estimate of drug-likeness (QED) is 0.535. The Morgan fingerprint density at radius 1 is 1.22 bits per heavy atom. The number of hydrogen-bond donors (Lipinski definition) is 0. The fraction of sp³-hybridized carbons (Fsp3) is 0.381. The van der Waals surface area contributed by atoms with Crippen molar-refractivity contribution in [2.24, 2.45) is 0 Å². The highest BCUT2D eigenvalue weighted by Gasteiger charge is 2.19. The molecule has 0 fully saturated rings. The van der Waals surface area contributed by atoms with Gasteiger partial charge < -0.3 is 9.47 Å². The predicted octanol–water partition coefficient (Wildman–Crippen LogP) is 3.61. The van der Waals surface area contributed by atoms with Crippen LogP contribution in [0.4, 0.5) is 0 Å². The maximum absolute atomic E-state index is 11.6. The summed E-state index contributed by atoms with van der Waals surface area (Å²) in [6.07, 6.45) is 2.05. The van der Waals surface area contributed by atoms with Crippen molar-refractivity contribution in [1.29, 1.82) is 0 Å². The van der Waals surface area contributed by atoms with Crippen LogP contribution in [0.15, 0.2) is 30.3 Å². The molecule has 1 heterocycles. The molecule has 0 unspecified atom stereocenters. The summed E-state index contributed by atoms with van der Waals surface area (Å²) < 4.78 is 34.8. The molecular weight excluding hydrogens is 364 g/mol. The van der Waals surface area contributed by atoms with Crippen LogP contribution in [0, 0.1) is 6.92 Å². The summed E-state index contributed by atoms with van der Waals surface area (Å²) in [5.41, 5.74) is 4.76. The number of aryl methyl sites for hydroxylation is 1. The van der Waals surface area contributed by atoms with E-state index in [4.69, 9.17) is 9.47 Å². The minimum atomic E-state index is -2.97. The molecule has 0 radical (unpaired) electrons. The molecule has 0 saturated carbocycles. The van der Waals surface area contributed by atoms with Crippen LogP contribution in [0.3, 0.4) is 0 Å². The molecule has 0 atom stereocenters. The number of aldehydes is 1. The van der Waals surface area contributed by atoms with Crippen molar-refractivity contribution in [1.82, 2.24) is 0 Å². The van der Waals surface area contributed by atoms with Crippen LogP contribution in [0.25, 0.3) is 11.1 Å². The van der Waals surface area contributed by atoms with Crippen LogP contribution in [-0.2, 0) is 16.3 Å². The summed E-state index contributed by atoms with van der Waals surface area (Å²) in [6, 6.07) is 9.40. The Kier molecular flexibility index (Phi) is 5.85. The fourth-order valence-electron chi connectivity index (χ4n) is 3.32. The predicted molar refractivity (Wildman–Crippen MR) is 106 cm³/mol. The maximum atomic E-state index is 11.6. The molecule has 0 spiro atoms. The van der Waals surface area contributed by atoms with E-state index in [1.54, 1.807) is 13.0 Å². The lowest BCUT2D eigenvalue weighted by atomic mass is 9.92. The lowest BCUT2D eigenvalue weighted by Gasteiger charge is -2.15. The van der Waals surface area contributed by atoms with Gasteiger partial charge in [0, 0.05) is 23.3 Å². The summed E-state index contributed by atoms with van der Waals surface area (Å²) in [5.74, 6) is 1.81. The van der Waals surface area contributed by atoms with Gasteiger partial charge in [0.1, 0.15) is 27.6 Å². The number of hydrogen-bond acceptors (Lipinski definition) is 5. The van der Waals surface area contributed by atoms with Gasteiger partial charge in [-0.05, 0) is 60.4 Å². The number of ether oxygens (including phenoxy) is 2. The summed E-state index contributed by atoms with van der Waals surface area (Å²) in [7, 11) is -2.97. The number of carbonyl (C=O) groups is 1. The van der Waals surface area contributed by atoms with Crippen molar-refractivity contribution in [2.45, 2.75) is 26.7 Å². The Labute approximate surface area is 160 Å².